The monoisotopic (exact) mass is 189 g/mol. The van der Waals surface area contributed by atoms with Gasteiger partial charge in [-0.3, -0.25) is 4.79 Å². The molecule has 1 aliphatic heterocycles. The van der Waals surface area contributed by atoms with Gasteiger partial charge in [-0.1, -0.05) is 5.57 Å². The second-order valence-electron chi connectivity index (χ2n) is 3.59. The smallest absolute Gasteiger partial charge is 0.267 e. The van der Waals surface area contributed by atoms with Crippen molar-refractivity contribution < 1.29 is 13.6 Å². The zero-order chi connectivity index (χ0) is 10.1. The molecule has 2 nitrogen and oxygen atoms in total. The summed E-state index contributed by atoms with van der Waals surface area (Å²) in [7, 11) is 0. The van der Waals surface area contributed by atoms with Crippen LogP contribution in [0.5, 0.6) is 0 Å². The van der Waals surface area contributed by atoms with Crippen LogP contribution < -0.4 is 0 Å². The normalized spacial score (nSPS) is 20.2. The van der Waals surface area contributed by atoms with E-state index in [1.807, 2.05) is 0 Å². The van der Waals surface area contributed by atoms with Crippen molar-refractivity contribution in [3.05, 3.63) is 11.6 Å². The predicted octanol–water partition coefficient (Wildman–Crippen LogP) is 1.82. The molecule has 1 aliphatic rings. The number of alkyl halides is 2. The molecular formula is C9H13F2NO. The average Bonchev–Trinajstić information content (AvgIpc) is 2.28. The molecule has 1 saturated heterocycles. The fraction of sp³-hybridized carbons (Fsp3) is 0.667. The second-order valence-corrected chi connectivity index (χ2v) is 3.59. The molecule has 0 atom stereocenters. The number of carbonyl (C=O) groups is 1. The van der Waals surface area contributed by atoms with Crippen molar-refractivity contribution in [1.29, 1.82) is 0 Å². The molecular weight excluding hydrogens is 176 g/mol. The van der Waals surface area contributed by atoms with E-state index >= 15 is 0 Å². The van der Waals surface area contributed by atoms with E-state index in [0.29, 0.717) is 0 Å². The van der Waals surface area contributed by atoms with Crippen LogP contribution in [0.1, 0.15) is 20.3 Å². The summed E-state index contributed by atoms with van der Waals surface area (Å²) in [6, 6.07) is 0. The molecule has 1 amide bonds. The third-order valence-corrected chi connectivity index (χ3v) is 1.89. The van der Waals surface area contributed by atoms with Crippen molar-refractivity contribution in [2.24, 2.45) is 0 Å². The highest BCUT2D eigenvalue weighted by Crippen LogP contribution is 2.26. The summed E-state index contributed by atoms with van der Waals surface area (Å²) in [4.78, 5) is 12.4. The molecule has 0 spiro atoms. The number of hydrogen-bond donors (Lipinski definition) is 0. The number of rotatable bonds is 1. The maximum Gasteiger partial charge on any atom is 0.267 e. The largest absolute Gasteiger partial charge is 0.333 e. The van der Waals surface area contributed by atoms with Gasteiger partial charge in [0.2, 0.25) is 5.91 Å². The molecule has 1 rings (SSSR count). The summed E-state index contributed by atoms with van der Waals surface area (Å²) in [5.74, 6) is -3.00. The first-order valence-corrected chi connectivity index (χ1v) is 4.22. The molecule has 1 heterocycles. The van der Waals surface area contributed by atoms with Crippen LogP contribution in [0.4, 0.5) is 8.78 Å². The Morgan fingerprint density at radius 2 is 2.08 bits per heavy atom. The highest BCUT2D eigenvalue weighted by molar-refractivity contribution is 5.88. The zero-order valence-electron chi connectivity index (χ0n) is 7.81. The number of halogens is 2. The van der Waals surface area contributed by atoms with Gasteiger partial charge in [-0.2, -0.15) is 0 Å². The summed E-state index contributed by atoms with van der Waals surface area (Å²) in [6.45, 7) is 3.27. The number of amides is 1. The van der Waals surface area contributed by atoms with E-state index in [0.717, 1.165) is 5.57 Å². The van der Waals surface area contributed by atoms with Crippen LogP contribution in [0.15, 0.2) is 11.6 Å². The van der Waals surface area contributed by atoms with E-state index < -0.39 is 12.5 Å². The molecule has 0 aromatic carbocycles. The summed E-state index contributed by atoms with van der Waals surface area (Å²) in [6.07, 6.45) is 1.18. The topological polar surface area (TPSA) is 20.3 Å². The summed E-state index contributed by atoms with van der Waals surface area (Å²) in [5, 5.41) is 0. The lowest BCUT2D eigenvalue weighted by molar-refractivity contribution is -0.126. The minimum atomic E-state index is -2.69. The molecule has 0 saturated carbocycles. The molecule has 0 aromatic rings. The Morgan fingerprint density at radius 3 is 2.46 bits per heavy atom. The minimum Gasteiger partial charge on any atom is -0.333 e. The van der Waals surface area contributed by atoms with Crippen molar-refractivity contribution in [2.45, 2.75) is 26.2 Å². The Morgan fingerprint density at radius 1 is 1.46 bits per heavy atom. The summed E-state index contributed by atoms with van der Waals surface area (Å²) in [5.41, 5.74) is 0.834. The van der Waals surface area contributed by atoms with Crippen LogP contribution in [-0.4, -0.2) is 29.8 Å². The van der Waals surface area contributed by atoms with Gasteiger partial charge < -0.3 is 4.90 Å². The fourth-order valence-corrected chi connectivity index (χ4v) is 1.26. The van der Waals surface area contributed by atoms with Gasteiger partial charge in [0.05, 0.1) is 6.54 Å². The first-order chi connectivity index (χ1) is 5.91. The van der Waals surface area contributed by atoms with Gasteiger partial charge >= 0.3 is 0 Å². The van der Waals surface area contributed by atoms with Gasteiger partial charge in [0.15, 0.2) is 0 Å². The van der Waals surface area contributed by atoms with Gasteiger partial charge in [-0.05, 0) is 13.8 Å². The number of nitrogens with zero attached hydrogens (tertiary/aromatic N) is 1. The Hall–Kier alpha value is -0.930. The maximum absolute atomic E-state index is 12.7. The Labute approximate surface area is 76.2 Å². The van der Waals surface area contributed by atoms with E-state index in [9.17, 15) is 13.6 Å². The zero-order valence-corrected chi connectivity index (χ0v) is 7.81. The molecule has 0 aliphatic carbocycles. The highest BCUT2D eigenvalue weighted by Gasteiger charge is 2.39. The highest BCUT2D eigenvalue weighted by atomic mass is 19.3. The fourth-order valence-electron chi connectivity index (χ4n) is 1.26. The quantitative estimate of drug-likeness (QED) is 0.576. The molecule has 0 bridgehead atoms. The third kappa shape index (κ3) is 2.79. The van der Waals surface area contributed by atoms with Gasteiger partial charge in [0, 0.05) is 19.0 Å². The number of allylic oxidation sites excluding steroid dienone is 1. The standard InChI is InChI=1S/C9H13F2NO/c1-7(2)5-8(13)12-4-3-9(10,11)6-12/h5H,3-4,6H2,1-2H3. The SMILES string of the molecule is CC(C)=CC(=O)N1CCC(F)(F)C1. The first kappa shape index (κ1) is 10.2. The van der Waals surface area contributed by atoms with Crippen LogP contribution >= 0.6 is 0 Å². The molecule has 1 fully saturated rings. The molecule has 4 heteroatoms. The van der Waals surface area contributed by atoms with E-state index in [2.05, 4.69) is 0 Å². The van der Waals surface area contributed by atoms with E-state index in [-0.39, 0.29) is 18.9 Å². The first-order valence-electron chi connectivity index (χ1n) is 4.22. The van der Waals surface area contributed by atoms with Gasteiger partial charge in [-0.15, -0.1) is 0 Å². The van der Waals surface area contributed by atoms with Gasteiger partial charge in [0.1, 0.15) is 0 Å². The molecule has 0 aromatic heterocycles. The molecule has 0 N–H and O–H groups in total. The van der Waals surface area contributed by atoms with Gasteiger partial charge in [-0.25, -0.2) is 8.78 Å². The van der Waals surface area contributed by atoms with Crippen LogP contribution in [0.2, 0.25) is 0 Å². The number of carbonyl (C=O) groups excluding carboxylic acids is 1. The van der Waals surface area contributed by atoms with E-state index in [1.54, 1.807) is 13.8 Å². The summed E-state index contributed by atoms with van der Waals surface area (Å²) >= 11 is 0. The Balaban J connectivity index is 2.57. The van der Waals surface area contributed by atoms with E-state index in [1.165, 1.54) is 11.0 Å². The summed E-state index contributed by atoms with van der Waals surface area (Å²) < 4.78 is 25.4. The van der Waals surface area contributed by atoms with E-state index in [4.69, 9.17) is 0 Å². The van der Waals surface area contributed by atoms with Crippen molar-refractivity contribution >= 4 is 5.91 Å². The Bertz CT molecular complexity index is 244. The van der Waals surface area contributed by atoms with Crippen molar-refractivity contribution in [3.63, 3.8) is 0 Å². The molecule has 0 radical (unpaired) electrons. The van der Waals surface area contributed by atoms with Crippen LogP contribution in [0.25, 0.3) is 0 Å². The number of hydrogen-bond acceptors (Lipinski definition) is 1. The average molecular weight is 189 g/mol. The van der Waals surface area contributed by atoms with Crippen LogP contribution in [-0.2, 0) is 4.79 Å². The van der Waals surface area contributed by atoms with Crippen LogP contribution in [0.3, 0.4) is 0 Å². The van der Waals surface area contributed by atoms with Crippen molar-refractivity contribution in [2.75, 3.05) is 13.1 Å². The maximum atomic E-state index is 12.7. The lowest BCUT2D eigenvalue weighted by Gasteiger charge is -2.13. The van der Waals surface area contributed by atoms with Crippen LogP contribution in [0, 0.1) is 0 Å². The lowest BCUT2D eigenvalue weighted by Crippen LogP contribution is -2.30. The Kier molecular flexibility index (Phi) is 2.68. The van der Waals surface area contributed by atoms with Crippen molar-refractivity contribution in [3.8, 4) is 0 Å². The lowest BCUT2D eigenvalue weighted by atomic mass is 10.3. The van der Waals surface area contributed by atoms with Crippen molar-refractivity contribution in [1.82, 2.24) is 4.90 Å². The number of likely N-dealkylation sites (tertiary alicyclic amines) is 1. The minimum absolute atomic E-state index is 0.162. The predicted molar refractivity (Wildman–Crippen MR) is 45.6 cm³/mol. The second kappa shape index (κ2) is 3.44. The van der Waals surface area contributed by atoms with Gasteiger partial charge in [0.25, 0.3) is 5.92 Å². The molecule has 13 heavy (non-hydrogen) atoms. The molecule has 74 valence electrons. The molecule has 0 unspecified atom stereocenters. The third-order valence-electron chi connectivity index (χ3n) is 1.89.